The average molecular weight is 317 g/mol. The Bertz CT molecular complexity index is 544. The minimum atomic E-state index is -0.827. The summed E-state index contributed by atoms with van der Waals surface area (Å²) < 4.78 is 0. The van der Waals surface area contributed by atoms with E-state index >= 15 is 0 Å². The number of likely N-dealkylation sites (tertiary alicyclic amines) is 1. The number of rotatable bonds is 5. The Kier molecular flexibility index (Phi) is 5.92. The largest absolute Gasteiger partial charge is 0.504 e. The molecular formula is C13H17ClN2O5. The fourth-order valence-electron chi connectivity index (χ4n) is 2.31. The van der Waals surface area contributed by atoms with Crippen molar-refractivity contribution in [1.82, 2.24) is 4.90 Å². The topological polar surface area (TPSA) is 104 Å². The van der Waals surface area contributed by atoms with Crippen molar-refractivity contribution in [2.75, 3.05) is 19.6 Å². The van der Waals surface area contributed by atoms with Gasteiger partial charge in [-0.15, -0.1) is 12.4 Å². The summed E-state index contributed by atoms with van der Waals surface area (Å²) in [5.41, 5.74) is -0.610. The van der Waals surface area contributed by atoms with Gasteiger partial charge in [-0.1, -0.05) is 0 Å². The van der Waals surface area contributed by atoms with Crippen molar-refractivity contribution < 1.29 is 19.9 Å². The maximum Gasteiger partial charge on any atom is 0.315 e. The highest BCUT2D eigenvalue weighted by atomic mass is 35.5. The van der Waals surface area contributed by atoms with E-state index < -0.39 is 22.1 Å². The Morgan fingerprint density at radius 1 is 1.29 bits per heavy atom. The zero-order chi connectivity index (χ0) is 14.7. The van der Waals surface area contributed by atoms with Crippen molar-refractivity contribution in [2.24, 2.45) is 0 Å². The third-order valence-corrected chi connectivity index (χ3v) is 3.44. The third-order valence-electron chi connectivity index (χ3n) is 3.44. The summed E-state index contributed by atoms with van der Waals surface area (Å²) in [5.74, 6) is -1.75. The maximum atomic E-state index is 12.0. The van der Waals surface area contributed by atoms with Crippen LogP contribution in [0.25, 0.3) is 0 Å². The molecular weight excluding hydrogens is 300 g/mol. The summed E-state index contributed by atoms with van der Waals surface area (Å²) in [4.78, 5) is 24.1. The van der Waals surface area contributed by atoms with Crippen LogP contribution in [-0.4, -0.2) is 45.5 Å². The summed E-state index contributed by atoms with van der Waals surface area (Å²) in [5, 5.41) is 29.5. The van der Waals surface area contributed by atoms with E-state index in [4.69, 9.17) is 0 Å². The van der Waals surface area contributed by atoms with Gasteiger partial charge < -0.3 is 15.1 Å². The standard InChI is InChI=1S/C13H16N2O5.ClH/c16-11(3-6-14-4-1-2-5-14)9-7-10(15(19)20)13(18)12(17)8-9;/h7-8,17-18H,1-6H2;1H. The molecule has 0 unspecified atom stereocenters. The number of nitro groups is 1. The Morgan fingerprint density at radius 3 is 2.48 bits per heavy atom. The van der Waals surface area contributed by atoms with E-state index in [0.29, 0.717) is 6.54 Å². The van der Waals surface area contributed by atoms with E-state index in [2.05, 4.69) is 4.90 Å². The molecule has 1 aliphatic rings. The number of carbonyl (C=O) groups is 1. The normalized spacial score (nSPS) is 14.7. The zero-order valence-electron chi connectivity index (χ0n) is 11.3. The fraction of sp³-hybridized carbons (Fsp3) is 0.462. The van der Waals surface area contributed by atoms with E-state index in [0.717, 1.165) is 38.1 Å². The molecule has 0 atom stereocenters. The van der Waals surface area contributed by atoms with Crippen molar-refractivity contribution >= 4 is 23.9 Å². The van der Waals surface area contributed by atoms with E-state index in [9.17, 15) is 25.1 Å². The molecule has 0 amide bonds. The molecule has 1 fully saturated rings. The van der Waals surface area contributed by atoms with Crippen LogP contribution in [0.4, 0.5) is 5.69 Å². The third kappa shape index (κ3) is 4.05. The second-order valence-electron chi connectivity index (χ2n) is 4.84. The van der Waals surface area contributed by atoms with Crippen LogP contribution in [-0.2, 0) is 0 Å². The predicted octanol–water partition coefficient (Wildman–Crippen LogP) is 2.10. The molecule has 1 saturated heterocycles. The molecule has 0 aliphatic carbocycles. The first-order valence-electron chi connectivity index (χ1n) is 6.45. The number of hydrogen-bond acceptors (Lipinski definition) is 6. The van der Waals surface area contributed by atoms with Crippen molar-refractivity contribution in [1.29, 1.82) is 0 Å². The summed E-state index contributed by atoms with van der Waals surface area (Å²) in [7, 11) is 0. The first kappa shape index (κ1) is 17.2. The van der Waals surface area contributed by atoms with Gasteiger partial charge >= 0.3 is 5.69 Å². The second-order valence-corrected chi connectivity index (χ2v) is 4.84. The van der Waals surface area contributed by atoms with Gasteiger partial charge in [0.25, 0.3) is 0 Å². The van der Waals surface area contributed by atoms with Crippen LogP contribution in [0.5, 0.6) is 11.5 Å². The van der Waals surface area contributed by atoms with E-state index in [1.54, 1.807) is 0 Å². The Morgan fingerprint density at radius 2 is 1.90 bits per heavy atom. The summed E-state index contributed by atoms with van der Waals surface area (Å²) in [6, 6.07) is 2.07. The smallest absolute Gasteiger partial charge is 0.315 e. The highest BCUT2D eigenvalue weighted by molar-refractivity contribution is 5.97. The van der Waals surface area contributed by atoms with Crippen LogP contribution in [0, 0.1) is 10.1 Å². The van der Waals surface area contributed by atoms with E-state index in [1.165, 1.54) is 0 Å². The molecule has 1 aromatic carbocycles. The van der Waals surface area contributed by atoms with Gasteiger partial charge in [-0.25, -0.2) is 0 Å². The van der Waals surface area contributed by atoms with Crippen LogP contribution in [0.2, 0.25) is 0 Å². The number of phenols is 2. The van der Waals surface area contributed by atoms with Gasteiger partial charge in [0.2, 0.25) is 5.75 Å². The molecule has 0 aromatic heterocycles. The van der Waals surface area contributed by atoms with Gasteiger partial charge in [-0.3, -0.25) is 14.9 Å². The molecule has 21 heavy (non-hydrogen) atoms. The molecule has 2 rings (SSSR count). The number of nitro benzene ring substituents is 1. The molecule has 7 nitrogen and oxygen atoms in total. The molecule has 0 spiro atoms. The number of ketones is 1. The monoisotopic (exact) mass is 316 g/mol. The number of phenolic OH excluding ortho intramolecular Hbond substituents is 2. The lowest BCUT2D eigenvalue weighted by Gasteiger charge is -2.13. The number of hydrogen-bond donors (Lipinski definition) is 2. The quantitative estimate of drug-likeness (QED) is 0.373. The Balaban J connectivity index is 0.00000220. The lowest BCUT2D eigenvalue weighted by atomic mass is 10.1. The number of halogens is 1. The lowest BCUT2D eigenvalue weighted by Crippen LogP contribution is -2.22. The van der Waals surface area contributed by atoms with Gasteiger partial charge in [0.1, 0.15) is 0 Å². The predicted molar refractivity (Wildman–Crippen MR) is 78.3 cm³/mol. The van der Waals surface area contributed by atoms with Gasteiger partial charge in [-0.2, -0.15) is 0 Å². The Labute approximate surface area is 127 Å². The van der Waals surface area contributed by atoms with Gasteiger partial charge in [0.15, 0.2) is 11.5 Å². The molecule has 8 heteroatoms. The fourth-order valence-corrected chi connectivity index (χ4v) is 2.31. The molecule has 0 bridgehead atoms. The number of benzene rings is 1. The number of nitrogens with zero attached hydrogens (tertiary/aromatic N) is 2. The van der Waals surface area contributed by atoms with Crippen LogP contribution < -0.4 is 0 Å². The summed E-state index contributed by atoms with van der Waals surface area (Å²) in [6.45, 7) is 2.54. The molecule has 1 heterocycles. The molecule has 1 aromatic rings. The van der Waals surface area contributed by atoms with Crippen LogP contribution in [0.1, 0.15) is 29.6 Å². The van der Waals surface area contributed by atoms with Crippen LogP contribution in [0.3, 0.4) is 0 Å². The Hall–Kier alpha value is -1.86. The molecule has 116 valence electrons. The van der Waals surface area contributed by atoms with Gasteiger partial charge in [0, 0.05) is 24.6 Å². The van der Waals surface area contributed by atoms with E-state index in [-0.39, 0.29) is 30.2 Å². The molecule has 1 aliphatic heterocycles. The maximum absolute atomic E-state index is 12.0. The van der Waals surface area contributed by atoms with Gasteiger partial charge in [-0.05, 0) is 32.0 Å². The molecule has 2 N–H and O–H groups in total. The van der Waals surface area contributed by atoms with Crippen molar-refractivity contribution in [3.63, 3.8) is 0 Å². The molecule has 0 radical (unpaired) electrons. The van der Waals surface area contributed by atoms with Crippen molar-refractivity contribution in [2.45, 2.75) is 19.3 Å². The molecule has 0 saturated carbocycles. The van der Waals surface area contributed by atoms with E-state index in [1.807, 2.05) is 0 Å². The van der Waals surface area contributed by atoms with Crippen molar-refractivity contribution in [3.05, 3.63) is 27.8 Å². The summed E-state index contributed by atoms with van der Waals surface area (Å²) >= 11 is 0. The zero-order valence-corrected chi connectivity index (χ0v) is 12.1. The number of Topliss-reactive ketones (excluding diaryl/α,β-unsaturated/α-hetero) is 1. The number of carbonyl (C=O) groups excluding carboxylic acids is 1. The first-order chi connectivity index (χ1) is 9.49. The SMILES string of the molecule is Cl.O=C(CCN1CCCC1)c1cc(O)c(O)c([N+](=O)[O-])c1. The minimum Gasteiger partial charge on any atom is -0.504 e. The minimum absolute atomic E-state index is 0. The average Bonchev–Trinajstić information content (AvgIpc) is 2.91. The lowest BCUT2D eigenvalue weighted by molar-refractivity contribution is -0.386. The second kappa shape index (κ2) is 7.24. The first-order valence-corrected chi connectivity index (χ1v) is 6.45. The highest BCUT2D eigenvalue weighted by Crippen LogP contribution is 2.36. The van der Waals surface area contributed by atoms with Crippen LogP contribution in [0.15, 0.2) is 12.1 Å². The number of aromatic hydroxyl groups is 2. The highest BCUT2D eigenvalue weighted by Gasteiger charge is 2.22. The summed E-state index contributed by atoms with van der Waals surface area (Å²) in [6.07, 6.45) is 2.49. The van der Waals surface area contributed by atoms with Crippen molar-refractivity contribution in [3.8, 4) is 11.5 Å². The van der Waals surface area contributed by atoms with Crippen LogP contribution >= 0.6 is 12.4 Å². The van der Waals surface area contributed by atoms with Gasteiger partial charge in [0.05, 0.1) is 4.92 Å².